The summed E-state index contributed by atoms with van der Waals surface area (Å²) in [4.78, 5) is 4.69. The molecule has 0 unspecified atom stereocenters. The van der Waals surface area contributed by atoms with Gasteiger partial charge in [0.1, 0.15) is 0 Å². The summed E-state index contributed by atoms with van der Waals surface area (Å²) in [6, 6.07) is 5.66. The van der Waals surface area contributed by atoms with Crippen molar-refractivity contribution >= 4 is 45.6 Å². The third kappa shape index (κ3) is 8.17. The smallest absolute Gasteiger partial charge is 0.211 e. The third-order valence-corrected chi connectivity index (χ3v) is 5.92. The maximum Gasteiger partial charge on any atom is 0.211 e. The monoisotopic (exact) mass is 540 g/mol. The second-order valence-electron chi connectivity index (χ2n) is 6.75. The zero-order valence-electron chi connectivity index (χ0n) is 17.6. The lowest BCUT2D eigenvalue weighted by molar-refractivity contribution is 0.280. The first-order valence-electron chi connectivity index (χ1n) is 9.68. The zero-order chi connectivity index (χ0) is 20.6. The van der Waals surface area contributed by atoms with Gasteiger partial charge in [-0.25, -0.2) is 12.7 Å². The van der Waals surface area contributed by atoms with Gasteiger partial charge < -0.3 is 20.1 Å². The first-order valence-corrected chi connectivity index (χ1v) is 11.5. The lowest BCUT2D eigenvalue weighted by atomic mass is 9.98. The van der Waals surface area contributed by atoms with Gasteiger partial charge in [-0.3, -0.25) is 4.99 Å². The van der Waals surface area contributed by atoms with Gasteiger partial charge in [0.2, 0.25) is 10.0 Å². The molecule has 2 rings (SSSR count). The summed E-state index contributed by atoms with van der Waals surface area (Å²) in [6.07, 6.45) is 2.92. The number of benzene rings is 1. The van der Waals surface area contributed by atoms with E-state index >= 15 is 0 Å². The quantitative estimate of drug-likeness (QED) is 0.300. The Balaban J connectivity index is 0.00000420. The summed E-state index contributed by atoms with van der Waals surface area (Å²) in [5.74, 6) is 2.44. The minimum atomic E-state index is -3.09. The first kappa shape index (κ1) is 25.8. The highest BCUT2D eigenvalue weighted by Crippen LogP contribution is 2.30. The number of anilines is 1. The highest BCUT2D eigenvalue weighted by atomic mass is 127. The fraction of sp³-hybridized carbons (Fsp3) is 0.632. The van der Waals surface area contributed by atoms with Crippen molar-refractivity contribution in [2.24, 2.45) is 10.9 Å². The van der Waals surface area contributed by atoms with Crippen LogP contribution in [0.15, 0.2) is 23.2 Å². The van der Waals surface area contributed by atoms with Crippen LogP contribution in [-0.4, -0.2) is 64.8 Å². The van der Waals surface area contributed by atoms with Crippen LogP contribution in [0.3, 0.4) is 0 Å². The second kappa shape index (κ2) is 12.4. The maximum absolute atomic E-state index is 11.6. The molecule has 0 atom stereocenters. The Morgan fingerprint density at radius 3 is 2.48 bits per heavy atom. The number of rotatable bonds is 8. The van der Waals surface area contributed by atoms with Crippen LogP contribution in [0.5, 0.6) is 11.5 Å². The Kier molecular flexibility index (Phi) is 11.0. The number of sulfonamides is 1. The summed E-state index contributed by atoms with van der Waals surface area (Å²) in [6.45, 7) is 7.04. The van der Waals surface area contributed by atoms with E-state index in [-0.39, 0.29) is 24.0 Å². The van der Waals surface area contributed by atoms with E-state index in [1.807, 2.05) is 32.0 Å². The summed E-state index contributed by atoms with van der Waals surface area (Å²) in [7, 11) is -1.48. The molecule has 0 amide bonds. The van der Waals surface area contributed by atoms with Crippen LogP contribution >= 0.6 is 24.0 Å². The number of piperidine rings is 1. The van der Waals surface area contributed by atoms with Gasteiger partial charge in [-0.1, -0.05) is 0 Å². The van der Waals surface area contributed by atoms with Crippen molar-refractivity contribution in [2.45, 2.75) is 26.7 Å². The molecule has 10 heteroatoms. The Morgan fingerprint density at radius 2 is 1.93 bits per heavy atom. The van der Waals surface area contributed by atoms with Gasteiger partial charge in [0.15, 0.2) is 17.5 Å². The van der Waals surface area contributed by atoms with E-state index in [0.29, 0.717) is 49.6 Å². The van der Waals surface area contributed by atoms with Gasteiger partial charge in [0.25, 0.3) is 0 Å². The van der Waals surface area contributed by atoms with E-state index in [1.54, 1.807) is 11.4 Å². The molecule has 2 N–H and O–H groups in total. The molecule has 0 aliphatic carbocycles. The van der Waals surface area contributed by atoms with Crippen LogP contribution in [0, 0.1) is 5.92 Å². The zero-order valence-corrected chi connectivity index (χ0v) is 20.7. The first-order chi connectivity index (χ1) is 13.4. The van der Waals surface area contributed by atoms with Crippen LogP contribution in [0.25, 0.3) is 0 Å². The molecule has 0 spiro atoms. The average molecular weight is 540 g/mol. The van der Waals surface area contributed by atoms with E-state index in [2.05, 4.69) is 10.6 Å². The molecule has 1 aromatic carbocycles. The molecule has 166 valence electrons. The minimum Gasteiger partial charge on any atom is -0.493 e. The van der Waals surface area contributed by atoms with Crippen molar-refractivity contribution in [1.82, 2.24) is 9.62 Å². The average Bonchev–Trinajstić information content (AvgIpc) is 2.66. The molecule has 1 aromatic rings. The molecule has 1 saturated heterocycles. The van der Waals surface area contributed by atoms with E-state index in [4.69, 9.17) is 14.5 Å². The number of aliphatic imine (C=N–C) groups is 1. The Labute approximate surface area is 191 Å². The molecule has 0 saturated carbocycles. The fourth-order valence-electron chi connectivity index (χ4n) is 3.11. The van der Waals surface area contributed by atoms with Crippen molar-refractivity contribution in [3.63, 3.8) is 0 Å². The number of nitrogens with zero attached hydrogens (tertiary/aromatic N) is 2. The van der Waals surface area contributed by atoms with Crippen LogP contribution in [0.4, 0.5) is 5.69 Å². The molecule has 1 heterocycles. The third-order valence-electron chi connectivity index (χ3n) is 4.62. The molecule has 8 nitrogen and oxygen atoms in total. The summed E-state index contributed by atoms with van der Waals surface area (Å²) >= 11 is 0. The highest BCUT2D eigenvalue weighted by molar-refractivity contribution is 14.0. The summed E-state index contributed by atoms with van der Waals surface area (Å²) < 4.78 is 35.7. The number of nitrogens with one attached hydrogen (secondary N) is 2. The summed E-state index contributed by atoms with van der Waals surface area (Å²) in [5.41, 5.74) is 0.857. The molecule has 0 radical (unpaired) electrons. The predicted molar refractivity (Wildman–Crippen MR) is 128 cm³/mol. The molecule has 0 bridgehead atoms. The molecular weight excluding hydrogens is 507 g/mol. The van der Waals surface area contributed by atoms with E-state index < -0.39 is 10.0 Å². The minimum absolute atomic E-state index is 0. The van der Waals surface area contributed by atoms with Crippen molar-refractivity contribution in [2.75, 3.05) is 51.5 Å². The second-order valence-corrected chi connectivity index (χ2v) is 8.73. The number of hydrogen-bond donors (Lipinski definition) is 2. The van der Waals surface area contributed by atoms with Crippen molar-refractivity contribution < 1.29 is 17.9 Å². The Hall–Kier alpha value is -1.27. The van der Waals surface area contributed by atoms with Crippen molar-refractivity contribution in [3.05, 3.63) is 18.2 Å². The Bertz CT molecular complexity index is 765. The van der Waals surface area contributed by atoms with Gasteiger partial charge in [-0.15, -0.1) is 24.0 Å². The van der Waals surface area contributed by atoms with E-state index in [1.165, 1.54) is 6.26 Å². The number of methoxy groups -OCH3 is 1. The van der Waals surface area contributed by atoms with Crippen LogP contribution in [-0.2, 0) is 10.0 Å². The van der Waals surface area contributed by atoms with Gasteiger partial charge in [0.05, 0.1) is 20.0 Å². The number of ether oxygens (including phenoxy) is 2. The van der Waals surface area contributed by atoms with Gasteiger partial charge >= 0.3 is 0 Å². The Morgan fingerprint density at radius 1 is 1.24 bits per heavy atom. The van der Waals surface area contributed by atoms with Gasteiger partial charge in [0, 0.05) is 37.9 Å². The lowest BCUT2D eigenvalue weighted by Gasteiger charge is -2.29. The number of hydrogen-bond acceptors (Lipinski definition) is 5. The van der Waals surface area contributed by atoms with Gasteiger partial charge in [-0.2, -0.15) is 0 Å². The lowest BCUT2D eigenvalue weighted by Crippen LogP contribution is -2.38. The normalized spacial score (nSPS) is 16.1. The van der Waals surface area contributed by atoms with Crippen molar-refractivity contribution in [3.8, 4) is 11.5 Å². The number of guanidine groups is 1. The van der Waals surface area contributed by atoms with Gasteiger partial charge in [-0.05, 0) is 44.7 Å². The fourth-order valence-corrected chi connectivity index (χ4v) is 3.98. The molecule has 1 aliphatic rings. The predicted octanol–water partition coefficient (Wildman–Crippen LogP) is 2.76. The van der Waals surface area contributed by atoms with E-state index in [9.17, 15) is 8.42 Å². The van der Waals surface area contributed by atoms with E-state index in [0.717, 1.165) is 25.1 Å². The maximum atomic E-state index is 11.6. The molecular formula is C19H33IN4O4S. The molecule has 1 fully saturated rings. The van der Waals surface area contributed by atoms with Crippen LogP contribution in [0.2, 0.25) is 0 Å². The molecule has 1 aliphatic heterocycles. The van der Waals surface area contributed by atoms with Crippen LogP contribution in [0.1, 0.15) is 26.7 Å². The summed E-state index contributed by atoms with van der Waals surface area (Å²) in [5, 5.41) is 6.54. The highest BCUT2D eigenvalue weighted by Gasteiger charge is 2.24. The molecule has 29 heavy (non-hydrogen) atoms. The van der Waals surface area contributed by atoms with Crippen molar-refractivity contribution in [1.29, 1.82) is 0 Å². The largest absolute Gasteiger partial charge is 0.493 e. The topological polar surface area (TPSA) is 92.3 Å². The standard InChI is InChI=1S/C19H32N4O4S.HI/c1-5-20-19(21-14-15-9-11-23(12-10-15)28(4,24)25)22-16-7-8-17(26-3)18(13-16)27-6-2;/h7-8,13,15H,5-6,9-12,14H2,1-4H3,(H2,20,21,22);1H. The molecule has 0 aromatic heterocycles. The number of halogens is 1. The van der Waals surface area contributed by atoms with Crippen LogP contribution < -0.4 is 20.1 Å². The SMILES string of the molecule is CCNC(=NCC1CCN(S(C)(=O)=O)CC1)Nc1ccc(OC)c(OCC)c1.I.